The predicted molar refractivity (Wildman–Crippen MR) is 182 cm³/mol. The maximum absolute atomic E-state index is 5.97. The van der Waals surface area contributed by atoms with E-state index in [0.717, 1.165) is 28.7 Å². The fraction of sp³-hybridized carbons (Fsp3) is 0.250. The summed E-state index contributed by atoms with van der Waals surface area (Å²) in [6, 6.07) is 38.5. The van der Waals surface area contributed by atoms with Gasteiger partial charge in [-0.25, -0.2) is 15.0 Å². The molecule has 4 aromatic carbocycles. The largest absolute Gasteiger partial charge is 0.324 e. The Balaban J connectivity index is 0.000000463. The van der Waals surface area contributed by atoms with Crippen LogP contribution in [0.3, 0.4) is 0 Å². The molecule has 43 heavy (non-hydrogen) atoms. The molecule has 1 aliphatic heterocycles. The average molecular weight is 606 g/mol. The lowest BCUT2D eigenvalue weighted by atomic mass is 10.1. The minimum atomic E-state index is 0.260. The van der Waals surface area contributed by atoms with E-state index in [1.54, 1.807) is 0 Å². The van der Waals surface area contributed by atoms with Crippen molar-refractivity contribution in [2.24, 2.45) is 5.73 Å². The van der Waals surface area contributed by atoms with E-state index in [0.29, 0.717) is 17.5 Å². The zero-order chi connectivity index (χ0) is 29.9. The first-order chi connectivity index (χ1) is 21.1. The summed E-state index contributed by atoms with van der Waals surface area (Å²) in [7, 11) is 2.19. The van der Waals surface area contributed by atoms with Crippen LogP contribution in [0.15, 0.2) is 119 Å². The molecular formula is C36H39N5S2. The third-order valence-corrected chi connectivity index (χ3v) is 9.58. The van der Waals surface area contributed by atoms with E-state index in [1.807, 2.05) is 47.8 Å². The molecule has 220 valence electrons. The molecule has 5 nitrogen and oxygen atoms in total. The molecule has 6 rings (SSSR count). The molecule has 0 amide bonds. The summed E-state index contributed by atoms with van der Waals surface area (Å²) in [6.07, 6.45) is 2.80. The summed E-state index contributed by atoms with van der Waals surface area (Å²) >= 11 is 3.63. The predicted octanol–water partition coefficient (Wildman–Crippen LogP) is 8.35. The van der Waals surface area contributed by atoms with Crippen molar-refractivity contribution in [3.05, 3.63) is 126 Å². The summed E-state index contributed by atoms with van der Waals surface area (Å²) in [6.45, 7) is 3.85. The van der Waals surface area contributed by atoms with Crippen molar-refractivity contribution in [1.82, 2.24) is 19.9 Å². The minimum absolute atomic E-state index is 0.260. The van der Waals surface area contributed by atoms with Gasteiger partial charge in [-0.05, 0) is 80.9 Å². The highest BCUT2D eigenvalue weighted by molar-refractivity contribution is 7.98. The molecule has 0 aliphatic carbocycles. The summed E-state index contributed by atoms with van der Waals surface area (Å²) in [5.74, 6) is 3.64. The van der Waals surface area contributed by atoms with Crippen LogP contribution in [0.1, 0.15) is 36.7 Å². The molecule has 1 atom stereocenters. The zero-order valence-electron chi connectivity index (χ0n) is 24.9. The molecule has 1 aromatic heterocycles. The van der Waals surface area contributed by atoms with Gasteiger partial charge in [0.1, 0.15) is 5.82 Å². The van der Waals surface area contributed by atoms with E-state index in [4.69, 9.17) is 10.7 Å². The van der Waals surface area contributed by atoms with Crippen molar-refractivity contribution < 1.29 is 0 Å². The average Bonchev–Trinajstić information content (AvgIpc) is 3.45. The van der Waals surface area contributed by atoms with Crippen LogP contribution in [0.4, 0.5) is 0 Å². The Morgan fingerprint density at radius 2 is 1.21 bits per heavy atom. The highest BCUT2D eigenvalue weighted by Gasteiger charge is 2.14. The van der Waals surface area contributed by atoms with Crippen LogP contribution >= 0.6 is 23.5 Å². The summed E-state index contributed by atoms with van der Waals surface area (Å²) in [5, 5.41) is 0. The van der Waals surface area contributed by atoms with E-state index in [-0.39, 0.29) is 6.54 Å². The third-order valence-electron chi connectivity index (χ3n) is 7.42. The first-order valence-corrected chi connectivity index (χ1v) is 16.7. The van der Waals surface area contributed by atoms with E-state index < -0.39 is 0 Å². The highest BCUT2D eigenvalue weighted by atomic mass is 32.2. The standard InChI is InChI=1S/C30H26N4S2.C6H13N/c31-19-28-32-29(24-11-7-9-22(17-24)20-35-26-13-3-1-4-14-26)34-30(33-28)25-12-8-10-23(18-25)21-36-27-15-5-2-6-16-27;1-6-4-3-5-7(6)2/h1-18H,19-21,31H2;6H,3-5H2,1-2H3. The zero-order valence-corrected chi connectivity index (χ0v) is 26.5. The summed E-state index contributed by atoms with van der Waals surface area (Å²) in [5.41, 5.74) is 10.3. The van der Waals surface area contributed by atoms with Crippen LogP contribution < -0.4 is 5.73 Å². The maximum Gasteiger partial charge on any atom is 0.163 e. The van der Waals surface area contributed by atoms with Crippen molar-refractivity contribution in [3.8, 4) is 22.8 Å². The van der Waals surface area contributed by atoms with Gasteiger partial charge in [0.25, 0.3) is 0 Å². The number of nitrogens with two attached hydrogens (primary N) is 1. The number of rotatable bonds is 9. The van der Waals surface area contributed by atoms with Crippen molar-refractivity contribution in [2.45, 2.75) is 53.6 Å². The number of nitrogens with zero attached hydrogens (tertiary/aromatic N) is 4. The van der Waals surface area contributed by atoms with Crippen molar-refractivity contribution >= 4 is 23.5 Å². The fourth-order valence-electron chi connectivity index (χ4n) is 4.81. The second-order valence-electron chi connectivity index (χ2n) is 10.7. The SMILES string of the molecule is CC1CCCN1C.NCc1nc(-c2cccc(CSc3ccccc3)c2)nc(-c2cccc(CSc3ccccc3)c2)n1. The lowest BCUT2D eigenvalue weighted by Crippen LogP contribution is -2.20. The number of aromatic nitrogens is 3. The number of hydrogen-bond acceptors (Lipinski definition) is 7. The second kappa shape index (κ2) is 15.8. The molecule has 1 aliphatic rings. The van der Waals surface area contributed by atoms with Crippen molar-refractivity contribution in [1.29, 1.82) is 0 Å². The molecule has 5 aromatic rings. The maximum atomic E-state index is 5.97. The van der Waals surface area contributed by atoms with Gasteiger partial charge in [0.05, 0.1) is 6.54 Å². The molecule has 1 fully saturated rings. The van der Waals surface area contributed by atoms with Gasteiger partial charge < -0.3 is 10.6 Å². The Hall–Kier alpha value is -3.49. The highest BCUT2D eigenvalue weighted by Crippen LogP contribution is 2.28. The number of benzene rings is 4. The first-order valence-electron chi connectivity index (χ1n) is 14.8. The Bertz CT molecular complexity index is 1470. The van der Waals surface area contributed by atoms with E-state index in [1.165, 1.54) is 40.3 Å². The van der Waals surface area contributed by atoms with Gasteiger partial charge in [0.2, 0.25) is 0 Å². The Morgan fingerprint density at radius 1 is 0.698 bits per heavy atom. The van der Waals surface area contributed by atoms with Crippen LogP contribution in [-0.2, 0) is 18.1 Å². The van der Waals surface area contributed by atoms with Crippen LogP contribution in [0.25, 0.3) is 22.8 Å². The van der Waals surface area contributed by atoms with Gasteiger partial charge in [-0.3, -0.25) is 0 Å². The van der Waals surface area contributed by atoms with E-state index >= 15 is 0 Å². The molecule has 0 saturated carbocycles. The Labute approximate surface area is 264 Å². The number of thioether (sulfide) groups is 2. The van der Waals surface area contributed by atoms with Crippen molar-refractivity contribution in [2.75, 3.05) is 13.6 Å². The molecule has 7 heteroatoms. The smallest absolute Gasteiger partial charge is 0.163 e. The summed E-state index contributed by atoms with van der Waals surface area (Å²) < 4.78 is 0. The van der Waals surface area contributed by atoms with Crippen LogP contribution in [0.2, 0.25) is 0 Å². The monoisotopic (exact) mass is 605 g/mol. The van der Waals surface area contributed by atoms with Crippen LogP contribution in [-0.4, -0.2) is 39.5 Å². The van der Waals surface area contributed by atoms with Gasteiger partial charge in [-0.2, -0.15) is 0 Å². The quantitative estimate of drug-likeness (QED) is 0.169. The summed E-state index contributed by atoms with van der Waals surface area (Å²) in [4.78, 5) is 19.0. The lowest BCUT2D eigenvalue weighted by molar-refractivity contribution is 0.331. The van der Waals surface area contributed by atoms with Gasteiger partial charge in [-0.1, -0.05) is 72.8 Å². The number of likely N-dealkylation sites (tertiary alicyclic amines) is 1. The first kappa shape index (κ1) is 31.0. The van der Waals surface area contributed by atoms with Crippen molar-refractivity contribution in [3.63, 3.8) is 0 Å². The number of hydrogen-bond donors (Lipinski definition) is 1. The van der Waals surface area contributed by atoms with Gasteiger partial charge in [0.15, 0.2) is 11.6 Å². The Morgan fingerprint density at radius 3 is 1.60 bits per heavy atom. The molecule has 1 saturated heterocycles. The minimum Gasteiger partial charge on any atom is -0.324 e. The second-order valence-corrected chi connectivity index (χ2v) is 12.8. The molecule has 0 spiro atoms. The van der Waals surface area contributed by atoms with Crippen LogP contribution in [0, 0.1) is 0 Å². The fourth-order valence-corrected chi connectivity index (χ4v) is 6.54. The topological polar surface area (TPSA) is 67.9 Å². The van der Waals surface area contributed by atoms with Gasteiger partial charge >= 0.3 is 0 Å². The van der Waals surface area contributed by atoms with Crippen LogP contribution in [0.5, 0.6) is 0 Å². The van der Waals surface area contributed by atoms with Gasteiger partial charge in [0, 0.05) is 38.5 Å². The Kier molecular flexibility index (Phi) is 11.4. The molecule has 2 N–H and O–H groups in total. The molecule has 1 unspecified atom stereocenters. The lowest BCUT2D eigenvalue weighted by Gasteiger charge is -2.12. The van der Waals surface area contributed by atoms with E-state index in [2.05, 4.69) is 114 Å². The third kappa shape index (κ3) is 9.25. The van der Waals surface area contributed by atoms with Gasteiger partial charge in [-0.15, -0.1) is 23.5 Å². The molecular weight excluding hydrogens is 567 g/mol. The molecule has 0 radical (unpaired) electrons. The normalized spacial score (nSPS) is 14.7. The van der Waals surface area contributed by atoms with E-state index in [9.17, 15) is 0 Å². The molecule has 0 bridgehead atoms. The molecule has 2 heterocycles.